The molecule has 4 rings (SSSR count). The molecule has 0 saturated carbocycles. The van der Waals surface area contributed by atoms with E-state index in [0.717, 1.165) is 55.5 Å². The number of carbonyl (C=O) groups is 1. The molecule has 7 heteroatoms. The maximum Gasteiger partial charge on any atom is 0.263 e. The lowest BCUT2D eigenvalue weighted by Gasteiger charge is -2.33. The van der Waals surface area contributed by atoms with E-state index in [2.05, 4.69) is 44.6 Å². The van der Waals surface area contributed by atoms with E-state index in [-0.39, 0.29) is 11.8 Å². The average Bonchev–Trinajstić information content (AvgIpc) is 3.19. The van der Waals surface area contributed by atoms with Crippen LogP contribution in [0.3, 0.4) is 0 Å². The number of hydrogen-bond acceptors (Lipinski definition) is 6. The largest absolute Gasteiger partial charge is 0.356 e. The Morgan fingerprint density at radius 3 is 2.90 bits per heavy atom. The smallest absolute Gasteiger partial charge is 0.263 e. The van der Waals surface area contributed by atoms with Gasteiger partial charge >= 0.3 is 0 Å². The van der Waals surface area contributed by atoms with E-state index in [9.17, 15) is 4.79 Å². The second-order valence-electron chi connectivity index (χ2n) is 7.92. The molecule has 3 heterocycles. The summed E-state index contributed by atoms with van der Waals surface area (Å²) in [6.45, 7) is 6.13. The van der Waals surface area contributed by atoms with Gasteiger partial charge in [-0.05, 0) is 44.6 Å². The first-order chi connectivity index (χ1) is 14.7. The minimum absolute atomic E-state index is 0.0364. The fraction of sp³-hybridized carbons (Fsp3) is 0.478. The van der Waals surface area contributed by atoms with Gasteiger partial charge in [0, 0.05) is 19.6 Å². The number of anilines is 1. The standard InChI is InChI=1S/C23H29N5O2/c1-3-19-20-21(25-16(2)26-23(20)30-27-19)28-14-8-12-18(15-28)22(29)24-13-7-11-17-9-5-4-6-10-17/h4-6,9-10,18H,3,7-8,11-15H2,1-2H3,(H,24,29)/t18-/m0/s1. The van der Waals surface area contributed by atoms with Crippen LogP contribution in [-0.2, 0) is 17.6 Å². The number of fused-ring (bicyclic) bond motifs is 1. The van der Waals surface area contributed by atoms with Crippen molar-refractivity contribution in [1.29, 1.82) is 0 Å². The van der Waals surface area contributed by atoms with Gasteiger partial charge in [0.25, 0.3) is 5.71 Å². The molecule has 0 aliphatic carbocycles. The van der Waals surface area contributed by atoms with Gasteiger partial charge in [-0.3, -0.25) is 4.79 Å². The van der Waals surface area contributed by atoms with E-state index in [0.29, 0.717) is 24.6 Å². The molecule has 30 heavy (non-hydrogen) atoms. The van der Waals surface area contributed by atoms with Crippen molar-refractivity contribution in [3.05, 3.63) is 47.4 Å². The number of nitrogens with one attached hydrogen (secondary N) is 1. The third kappa shape index (κ3) is 4.45. The third-order valence-corrected chi connectivity index (χ3v) is 5.71. The van der Waals surface area contributed by atoms with Gasteiger partial charge in [0.1, 0.15) is 17.0 Å². The van der Waals surface area contributed by atoms with Crippen molar-refractivity contribution in [2.75, 3.05) is 24.5 Å². The quantitative estimate of drug-likeness (QED) is 0.604. The molecule has 1 aromatic carbocycles. The SMILES string of the molecule is CCc1noc2nc(C)nc(N3CCC[C@H](C(=O)NCCCc4ccccc4)C3)c12. The van der Waals surface area contributed by atoms with Crippen LogP contribution in [0.25, 0.3) is 11.1 Å². The number of carbonyl (C=O) groups excluding carboxylic acids is 1. The maximum atomic E-state index is 12.8. The summed E-state index contributed by atoms with van der Waals surface area (Å²) in [5.41, 5.74) is 2.70. The van der Waals surface area contributed by atoms with E-state index in [1.54, 1.807) is 0 Å². The topological polar surface area (TPSA) is 84.2 Å². The number of aryl methyl sites for hydroxylation is 3. The van der Waals surface area contributed by atoms with E-state index in [1.807, 2.05) is 19.9 Å². The normalized spacial score (nSPS) is 16.7. The van der Waals surface area contributed by atoms with Crippen molar-refractivity contribution >= 4 is 22.8 Å². The number of nitrogens with zero attached hydrogens (tertiary/aromatic N) is 4. The zero-order chi connectivity index (χ0) is 20.9. The number of amides is 1. The Balaban J connectivity index is 1.39. The van der Waals surface area contributed by atoms with E-state index in [1.165, 1.54) is 5.56 Å². The summed E-state index contributed by atoms with van der Waals surface area (Å²) in [4.78, 5) is 24.1. The Hall–Kier alpha value is -2.96. The molecule has 1 N–H and O–H groups in total. The lowest BCUT2D eigenvalue weighted by Crippen LogP contribution is -2.43. The summed E-state index contributed by atoms with van der Waals surface area (Å²) >= 11 is 0. The van der Waals surface area contributed by atoms with E-state index in [4.69, 9.17) is 9.51 Å². The van der Waals surface area contributed by atoms with Crippen LogP contribution in [0.1, 0.15) is 43.3 Å². The first kappa shape index (κ1) is 20.3. The molecule has 0 radical (unpaired) electrons. The zero-order valence-electron chi connectivity index (χ0n) is 17.7. The monoisotopic (exact) mass is 407 g/mol. The van der Waals surface area contributed by atoms with Crippen LogP contribution in [0.15, 0.2) is 34.9 Å². The summed E-state index contributed by atoms with van der Waals surface area (Å²) < 4.78 is 5.42. The lowest BCUT2D eigenvalue weighted by molar-refractivity contribution is -0.125. The molecule has 1 atom stereocenters. The predicted octanol–water partition coefficient (Wildman–Crippen LogP) is 3.45. The molecule has 0 bridgehead atoms. The highest BCUT2D eigenvalue weighted by molar-refractivity contribution is 5.89. The second kappa shape index (κ2) is 9.24. The van der Waals surface area contributed by atoms with Crippen LogP contribution < -0.4 is 10.2 Å². The molecule has 7 nitrogen and oxygen atoms in total. The number of rotatable bonds is 7. The molecule has 1 saturated heterocycles. The fourth-order valence-corrected chi connectivity index (χ4v) is 4.14. The van der Waals surface area contributed by atoms with Gasteiger partial charge in [-0.15, -0.1) is 0 Å². The summed E-state index contributed by atoms with van der Waals surface area (Å²) in [6, 6.07) is 10.4. The van der Waals surface area contributed by atoms with Crippen LogP contribution in [0.5, 0.6) is 0 Å². The Bertz CT molecular complexity index is 1000. The van der Waals surface area contributed by atoms with Crippen molar-refractivity contribution < 1.29 is 9.32 Å². The Labute approximate surface area is 176 Å². The van der Waals surface area contributed by atoms with Gasteiger partial charge in [0.15, 0.2) is 0 Å². The van der Waals surface area contributed by atoms with Gasteiger partial charge in [-0.1, -0.05) is 42.4 Å². The van der Waals surface area contributed by atoms with Crippen molar-refractivity contribution in [1.82, 2.24) is 20.4 Å². The molecular weight excluding hydrogens is 378 g/mol. The highest BCUT2D eigenvalue weighted by atomic mass is 16.5. The summed E-state index contributed by atoms with van der Waals surface area (Å²) in [5.74, 6) is 1.60. The van der Waals surface area contributed by atoms with Gasteiger partial charge in [-0.2, -0.15) is 4.98 Å². The van der Waals surface area contributed by atoms with Crippen molar-refractivity contribution in [3.8, 4) is 0 Å². The summed E-state index contributed by atoms with van der Waals surface area (Å²) in [6.07, 6.45) is 4.53. The lowest BCUT2D eigenvalue weighted by atomic mass is 9.96. The predicted molar refractivity (Wildman–Crippen MR) is 116 cm³/mol. The first-order valence-electron chi connectivity index (χ1n) is 10.8. The van der Waals surface area contributed by atoms with Crippen LogP contribution in [0, 0.1) is 12.8 Å². The minimum Gasteiger partial charge on any atom is -0.356 e. The number of aromatic nitrogens is 3. The van der Waals surface area contributed by atoms with Gasteiger partial charge in [-0.25, -0.2) is 4.98 Å². The molecule has 3 aromatic rings. The number of hydrogen-bond donors (Lipinski definition) is 1. The van der Waals surface area contributed by atoms with E-state index >= 15 is 0 Å². The number of piperidine rings is 1. The number of benzene rings is 1. The van der Waals surface area contributed by atoms with Crippen molar-refractivity contribution in [2.24, 2.45) is 5.92 Å². The van der Waals surface area contributed by atoms with Gasteiger partial charge < -0.3 is 14.7 Å². The summed E-state index contributed by atoms with van der Waals surface area (Å²) in [7, 11) is 0. The van der Waals surface area contributed by atoms with Gasteiger partial charge in [0.2, 0.25) is 5.91 Å². The molecule has 158 valence electrons. The molecule has 1 amide bonds. The molecule has 2 aromatic heterocycles. The van der Waals surface area contributed by atoms with Crippen LogP contribution in [-0.4, -0.2) is 40.7 Å². The van der Waals surface area contributed by atoms with Crippen LogP contribution in [0.2, 0.25) is 0 Å². The molecule has 1 aliphatic heterocycles. The molecule has 1 fully saturated rings. The third-order valence-electron chi connectivity index (χ3n) is 5.71. The minimum atomic E-state index is -0.0364. The molecule has 1 aliphatic rings. The highest BCUT2D eigenvalue weighted by Gasteiger charge is 2.29. The Morgan fingerprint density at radius 2 is 2.10 bits per heavy atom. The first-order valence-corrected chi connectivity index (χ1v) is 10.8. The molecule has 0 unspecified atom stereocenters. The Morgan fingerprint density at radius 1 is 1.27 bits per heavy atom. The maximum absolute atomic E-state index is 12.8. The van der Waals surface area contributed by atoms with Crippen LogP contribution >= 0.6 is 0 Å². The molecule has 0 spiro atoms. The Kier molecular flexibility index (Phi) is 6.26. The summed E-state index contributed by atoms with van der Waals surface area (Å²) in [5, 5.41) is 8.17. The van der Waals surface area contributed by atoms with Crippen LogP contribution in [0.4, 0.5) is 5.82 Å². The van der Waals surface area contributed by atoms with E-state index < -0.39 is 0 Å². The highest BCUT2D eigenvalue weighted by Crippen LogP contribution is 2.30. The van der Waals surface area contributed by atoms with Gasteiger partial charge in [0.05, 0.1) is 11.6 Å². The second-order valence-corrected chi connectivity index (χ2v) is 7.92. The molecular formula is C23H29N5O2. The van der Waals surface area contributed by atoms with Crippen molar-refractivity contribution in [3.63, 3.8) is 0 Å². The van der Waals surface area contributed by atoms with Crippen molar-refractivity contribution in [2.45, 2.75) is 46.0 Å². The zero-order valence-corrected chi connectivity index (χ0v) is 17.7. The fourth-order valence-electron chi connectivity index (χ4n) is 4.14. The average molecular weight is 408 g/mol.